The average Bonchev–Trinajstić information content (AvgIpc) is 2.14. The summed E-state index contributed by atoms with van der Waals surface area (Å²) in [6.07, 6.45) is 1.75. The molecule has 0 atom stereocenters. The van der Waals surface area contributed by atoms with Crippen LogP contribution in [0.25, 0.3) is 0 Å². The molecule has 0 bridgehead atoms. The van der Waals surface area contributed by atoms with E-state index in [2.05, 4.69) is 28.2 Å². The Balaban J connectivity index is 2.34. The van der Waals surface area contributed by atoms with Gasteiger partial charge < -0.3 is 0 Å². The van der Waals surface area contributed by atoms with E-state index in [0.717, 1.165) is 13.2 Å². The van der Waals surface area contributed by atoms with Crippen LogP contribution in [0.4, 0.5) is 0 Å². The summed E-state index contributed by atoms with van der Waals surface area (Å²) in [7, 11) is 0. The summed E-state index contributed by atoms with van der Waals surface area (Å²) in [6.45, 7) is 3.90. The minimum atomic E-state index is 0.858. The molecule has 0 spiro atoms. The lowest BCUT2D eigenvalue weighted by Gasteiger charge is -2.10. The van der Waals surface area contributed by atoms with Gasteiger partial charge in [-0.1, -0.05) is 0 Å². The first kappa shape index (κ1) is 5.88. The van der Waals surface area contributed by atoms with Crippen LogP contribution in [0, 0.1) is 0 Å². The van der Waals surface area contributed by atoms with E-state index in [9.17, 15) is 0 Å². The highest BCUT2D eigenvalue weighted by atomic mass is 79.9. The van der Waals surface area contributed by atoms with Gasteiger partial charge in [0, 0.05) is 6.54 Å². The first-order valence-corrected chi connectivity index (χ1v) is 3.25. The fourth-order valence-corrected chi connectivity index (χ4v) is 0.881. The van der Waals surface area contributed by atoms with Crippen LogP contribution < -0.4 is 0 Å². The van der Waals surface area contributed by atoms with E-state index in [-0.39, 0.29) is 0 Å². The molecule has 1 aliphatic heterocycles. The van der Waals surface area contributed by atoms with Crippen LogP contribution in [0.2, 0.25) is 0 Å². The van der Waals surface area contributed by atoms with Gasteiger partial charge in [0.15, 0.2) is 0 Å². The van der Waals surface area contributed by atoms with Gasteiger partial charge in [0.2, 0.25) is 0 Å². The second-order valence-electron chi connectivity index (χ2n) is 1.59. The van der Waals surface area contributed by atoms with E-state index in [1.807, 2.05) is 8.93 Å². The molecule has 8 heavy (non-hydrogen) atoms. The van der Waals surface area contributed by atoms with Crippen molar-refractivity contribution in [3.05, 3.63) is 0 Å². The van der Waals surface area contributed by atoms with Crippen molar-refractivity contribution in [1.82, 2.24) is 8.93 Å². The summed E-state index contributed by atoms with van der Waals surface area (Å²) in [4.78, 5) is 0. The molecule has 0 saturated carbocycles. The van der Waals surface area contributed by atoms with E-state index in [4.69, 9.17) is 0 Å². The van der Waals surface area contributed by atoms with Crippen LogP contribution in [0.1, 0.15) is 6.92 Å². The van der Waals surface area contributed by atoms with Crippen LogP contribution in [0.15, 0.2) is 5.10 Å². The van der Waals surface area contributed by atoms with Crippen LogP contribution in [0.5, 0.6) is 0 Å². The van der Waals surface area contributed by atoms with Crippen molar-refractivity contribution in [3.8, 4) is 0 Å². The van der Waals surface area contributed by atoms with Gasteiger partial charge in [-0.15, -0.1) is 0 Å². The van der Waals surface area contributed by atoms with Crippen molar-refractivity contribution in [1.29, 1.82) is 0 Å². The number of rotatable bonds is 1. The van der Waals surface area contributed by atoms with Gasteiger partial charge in [-0.25, -0.2) is 0 Å². The zero-order chi connectivity index (χ0) is 5.98. The van der Waals surface area contributed by atoms with Crippen molar-refractivity contribution in [2.75, 3.05) is 13.2 Å². The number of hydrazone groups is 1. The number of nitrogens with zero attached hydrogens (tertiary/aromatic N) is 3. The predicted molar refractivity (Wildman–Crippen MR) is 36.5 cm³/mol. The molecule has 0 aliphatic carbocycles. The zero-order valence-electron chi connectivity index (χ0n) is 4.71. The zero-order valence-corrected chi connectivity index (χ0v) is 6.30. The Labute approximate surface area is 57.3 Å². The number of halogens is 1. The van der Waals surface area contributed by atoms with Crippen molar-refractivity contribution >= 4 is 22.5 Å². The standard InChI is InChI=1S/C4H8BrN3/c1-2-8-4-7(5)3-6-8/h3H,2,4H2,1H3. The first-order valence-electron chi connectivity index (χ1n) is 2.54. The molecular weight excluding hydrogens is 170 g/mol. The molecular formula is C4H8BrN3. The van der Waals surface area contributed by atoms with Crippen molar-refractivity contribution < 1.29 is 0 Å². The molecule has 0 fully saturated rings. The minimum Gasteiger partial charge on any atom is -0.277 e. The Morgan fingerprint density at radius 1 is 1.88 bits per heavy atom. The van der Waals surface area contributed by atoms with Crippen LogP contribution in [-0.4, -0.2) is 28.5 Å². The van der Waals surface area contributed by atoms with Gasteiger partial charge >= 0.3 is 0 Å². The van der Waals surface area contributed by atoms with Gasteiger partial charge in [-0.05, 0) is 6.92 Å². The Morgan fingerprint density at radius 3 is 2.88 bits per heavy atom. The second-order valence-corrected chi connectivity index (χ2v) is 2.51. The van der Waals surface area contributed by atoms with Gasteiger partial charge in [-0.3, -0.25) is 8.93 Å². The summed E-state index contributed by atoms with van der Waals surface area (Å²) in [5, 5.41) is 5.98. The maximum absolute atomic E-state index is 4.02. The number of hydrogen-bond donors (Lipinski definition) is 0. The SMILES string of the molecule is CCN1CN(Br)C=N1. The molecule has 46 valence electrons. The fraction of sp³-hybridized carbons (Fsp3) is 0.750. The van der Waals surface area contributed by atoms with E-state index < -0.39 is 0 Å². The number of hydrogen-bond acceptors (Lipinski definition) is 3. The highest BCUT2D eigenvalue weighted by molar-refractivity contribution is 9.07. The highest BCUT2D eigenvalue weighted by Crippen LogP contribution is 2.04. The minimum absolute atomic E-state index is 0.858. The molecule has 1 heterocycles. The van der Waals surface area contributed by atoms with Crippen LogP contribution in [-0.2, 0) is 0 Å². The normalized spacial score (nSPS) is 18.2. The van der Waals surface area contributed by atoms with Gasteiger partial charge in [0.1, 0.15) is 13.0 Å². The molecule has 1 aliphatic rings. The first-order chi connectivity index (χ1) is 3.83. The molecule has 0 saturated heterocycles. The smallest absolute Gasteiger partial charge is 0.123 e. The molecule has 0 radical (unpaired) electrons. The Bertz CT molecular complexity index is 103. The van der Waals surface area contributed by atoms with Crippen LogP contribution in [0.3, 0.4) is 0 Å². The molecule has 0 aromatic heterocycles. The third-order valence-electron chi connectivity index (χ3n) is 1.00. The third-order valence-corrected chi connectivity index (χ3v) is 1.41. The molecule has 0 aromatic carbocycles. The van der Waals surface area contributed by atoms with Crippen molar-refractivity contribution in [3.63, 3.8) is 0 Å². The lowest BCUT2D eigenvalue weighted by molar-refractivity contribution is 0.299. The topological polar surface area (TPSA) is 18.8 Å². The molecule has 1 rings (SSSR count). The van der Waals surface area contributed by atoms with E-state index in [1.54, 1.807) is 6.34 Å². The Morgan fingerprint density at radius 2 is 2.62 bits per heavy atom. The summed E-state index contributed by atoms with van der Waals surface area (Å²) < 4.78 is 1.86. The van der Waals surface area contributed by atoms with Gasteiger partial charge in [0.05, 0.1) is 16.1 Å². The van der Waals surface area contributed by atoms with E-state index >= 15 is 0 Å². The molecule has 0 amide bonds. The lowest BCUT2D eigenvalue weighted by Crippen LogP contribution is -2.18. The molecule has 0 unspecified atom stereocenters. The summed E-state index contributed by atoms with van der Waals surface area (Å²) in [6, 6.07) is 0. The van der Waals surface area contributed by atoms with Crippen LogP contribution >= 0.6 is 16.1 Å². The van der Waals surface area contributed by atoms with E-state index in [0.29, 0.717) is 0 Å². The van der Waals surface area contributed by atoms with Gasteiger partial charge in [0.25, 0.3) is 0 Å². The monoisotopic (exact) mass is 177 g/mol. The quantitative estimate of drug-likeness (QED) is 0.554. The Kier molecular flexibility index (Phi) is 1.73. The maximum atomic E-state index is 4.02. The predicted octanol–water partition coefficient (Wildman–Crippen LogP) is 0.835. The molecule has 4 heteroatoms. The van der Waals surface area contributed by atoms with Crippen molar-refractivity contribution in [2.24, 2.45) is 5.10 Å². The lowest BCUT2D eigenvalue weighted by atomic mass is 10.7. The van der Waals surface area contributed by atoms with Gasteiger partial charge in [-0.2, -0.15) is 5.10 Å². The molecule has 0 N–H and O–H groups in total. The average molecular weight is 178 g/mol. The third kappa shape index (κ3) is 1.12. The summed E-state index contributed by atoms with van der Waals surface area (Å²) in [5.74, 6) is 0. The largest absolute Gasteiger partial charge is 0.277 e. The maximum Gasteiger partial charge on any atom is 0.123 e. The molecule has 3 nitrogen and oxygen atoms in total. The summed E-state index contributed by atoms with van der Waals surface area (Å²) >= 11 is 3.26. The summed E-state index contributed by atoms with van der Waals surface area (Å²) in [5.41, 5.74) is 0. The highest BCUT2D eigenvalue weighted by Gasteiger charge is 2.06. The Hall–Kier alpha value is -0.250. The molecule has 0 aromatic rings. The second kappa shape index (κ2) is 2.35. The van der Waals surface area contributed by atoms with Crippen molar-refractivity contribution in [2.45, 2.75) is 6.92 Å². The fourth-order valence-electron chi connectivity index (χ4n) is 0.540. The van der Waals surface area contributed by atoms with E-state index in [1.165, 1.54) is 0 Å².